The van der Waals surface area contributed by atoms with Crippen LogP contribution in [0.1, 0.15) is 162 Å². The highest BCUT2D eigenvalue weighted by molar-refractivity contribution is 5.69. The summed E-state index contributed by atoms with van der Waals surface area (Å²) in [5, 5.41) is 40.1. The number of aliphatic hydroxyl groups is 4. The lowest BCUT2D eigenvalue weighted by atomic mass is 9.99. The van der Waals surface area contributed by atoms with Crippen molar-refractivity contribution in [2.45, 2.75) is 198 Å². The standard InChI is InChI=1S/C50H84O9/c1-3-5-7-9-11-13-15-17-19-21-22-23-24-26-28-30-32-34-36-38-40-56-42-44(43-57-50-49(55)48(54)47(53)45(41-51)59-50)58-46(52)39-37-35-33-31-29-27-25-20-18-16-14-12-10-8-6-4-2/h5,7,11,13,17,19-20,22-23,25-26,28,32,34,44-45,47-51,53-55H,3-4,6,8-10,12,14-16,18,21,24,27,29-31,33,35-43H2,1-2H3/b7-5-,13-11-,19-17-,23-22-,25-20-,28-26-,34-32-. The zero-order valence-corrected chi connectivity index (χ0v) is 37.0. The van der Waals surface area contributed by atoms with Gasteiger partial charge < -0.3 is 39.4 Å². The van der Waals surface area contributed by atoms with E-state index in [1.54, 1.807) is 0 Å². The second-order valence-corrected chi connectivity index (χ2v) is 15.5. The quantitative estimate of drug-likeness (QED) is 0.0272. The largest absolute Gasteiger partial charge is 0.457 e. The number of hydrogen-bond donors (Lipinski definition) is 4. The van der Waals surface area contributed by atoms with Gasteiger partial charge in [-0.15, -0.1) is 0 Å². The highest BCUT2D eigenvalue weighted by atomic mass is 16.7. The van der Waals surface area contributed by atoms with Gasteiger partial charge in [-0.25, -0.2) is 0 Å². The van der Waals surface area contributed by atoms with E-state index in [4.69, 9.17) is 18.9 Å². The van der Waals surface area contributed by atoms with Gasteiger partial charge in [0, 0.05) is 13.0 Å². The zero-order chi connectivity index (χ0) is 42.9. The minimum absolute atomic E-state index is 0.0966. The van der Waals surface area contributed by atoms with E-state index in [0.717, 1.165) is 89.9 Å². The molecule has 0 radical (unpaired) electrons. The Bertz CT molecular complexity index is 1170. The van der Waals surface area contributed by atoms with Gasteiger partial charge in [-0.05, 0) is 83.5 Å². The third-order valence-electron chi connectivity index (χ3n) is 10.0. The molecule has 9 nitrogen and oxygen atoms in total. The fraction of sp³-hybridized carbons (Fsp3) is 0.700. The SMILES string of the molecule is CC/C=C\C/C=C\C/C=C\C/C=C\C/C=C\C/C=C\CCCOCC(COC1OC(CO)C(O)C(O)C1O)OC(=O)CCCCCCC/C=C\CCCCCCCCC. The number of esters is 1. The van der Waals surface area contributed by atoms with Gasteiger partial charge in [0.2, 0.25) is 0 Å². The number of aliphatic hydroxyl groups excluding tert-OH is 4. The van der Waals surface area contributed by atoms with E-state index in [-0.39, 0.29) is 25.6 Å². The van der Waals surface area contributed by atoms with Crippen LogP contribution in [0.5, 0.6) is 0 Å². The molecule has 0 bridgehead atoms. The van der Waals surface area contributed by atoms with Crippen LogP contribution in [0.2, 0.25) is 0 Å². The molecule has 6 unspecified atom stereocenters. The van der Waals surface area contributed by atoms with Gasteiger partial charge >= 0.3 is 5.97 Å². The third-order valence-corrected chi connectivity index (χ3v) is 10.0. The number of hydrogen-bond acceptors (Lipinski definition) is 9. The van der Waals surface area contributed by atoms with Crippen molar-refractivity contribution in [3.8, 4) is 0 Å². The van der Waals surface area contributed by atoms with Crippen LogP contribution < -0.4 is 0 Å². The molecule has 0 aromatic carbocycles. The van der Waals surface area contributed by atoms with Crippen LogP contribution in [-0.2, 0) is 23.7 Å². The van der Waals surface area contributed by atoms with Crippen molar-refractivity contribution >= 4 is 5.97 Å². The first-order chi connectivity index (χ1) is 28.9. The number of ether oxygens (including phenoxy) is 4. The van der Waals surface area contributed by atoms with Crippen molar-refractivity contribution in [2.24, 2.45) is 0 Å². The molecule has 0 aliphatic carbocycles. The summed E-state index contributed by atoms with van der Waals surface area (Å²) in [6, 6.07) is 0. The van der Waals surface area contributed by atoms with Crippen LogP contribution in [0, 0.1) is 0 Å². The van der Waals surface area contributed by atoms with Crippen molar-refractivity contribution in [2.75, 3.05) is 26.4 Å². The maximum atomic E-state index is 12.8. The van der Waals surface area contributed by atoms with E-state index < -0.39 is 43.4 Å². The van der Waals surface area contributed by atoms with Crippen LogP contribution in [0.4, 0.5) is 0 Å². The molecular weight excluding hydrogens is 745 g/mol. The molecule has 0 saturated carbocycles. The highest BCUT2D eigenvalue weighted by Gasteiger charge is 2.44. The molecule has 0 aromatic rings. The minimum Gasteiger partial charge on any atom is -0.457 e. The lowest BCUT2D eigenvalue weighted by Gasteiger charge is -2.39. The second-order valence-electron chi connectivity index (χ2n) is 15.5. The molecule has 0 spiro atoms. The monoisotopic (exact) mass is 829 g/mol. The molecule has 59 heavy (non-hydrogen) atoms. The van der Waals surface area contributed by atoms with Crippen molar-refractivity contribution in [3.05, 3.63) is 85.1 Å². The minimum atomic E-state index is -1.55. The van der Waals surface area contributed by atoms with Crippen LogP contribution in [-0.4, -0.2) is 89.6 Å². The number of unbranched alkanes of at least 4 members (excludes halogenated alkanes) is 13. The van der Waals surface area contributed by atoms with E-state index in [1.165, 1.54) is 51.4 Å². The Morgan fingerprint density at radius 3 is 1.58 bits per heavy atom. The fourth-order valence-electron chi connectivity index (χ4n) is 6.44. The first kappa shape index (κ1) is 54.4. The summed E-state index contributed by atoms with van der Waals surface area (Å²) in [5.74, 6) is -0.345. The van der Waals surface area contributed by atoms with Crippen LogP contribution in [0.3, 0.4) is 0 Å². The Hall–Kier alpha value is -2.63. The maximum Gasteiger partial charge on any atom is 0.306 e. The molecule has 4 N–H and O–H groups in total. The Morgan fingerprint density at radius 1 is 0.559 bits per heavy atom. The zero-order valence-electron chi connectivity index (χ0n) is 37.0. The van der Waals surface area contributed by atoms with Gasteiger partial charge in [-0.1, -0.05) is 157 Å². The van der Waals surface area contributed by atoms with E-state index in [9.17, 15) is 25.2 Å². The molecule has 1 saturated heterocycles. The molecule has 9 heteroatoms. The Kier molecular flexibility index (Phi) is 37.6. The first-order valence-electron chi connectivity index (χ1n) is 23.2. The predicted molar refractivity (Wildman–Crippen MR) is 242 cm³/mol. The maximum absolute atomic E-state index is 12.8. The summed E-state index contributed by atoms with van der Waals surface area (Å²) in [5.41, 5.74) is 0. The highest BCUT2D eigenvalue weighted by Crippen LogP contribution is 2.22. The number of rotatable bonds is 38. The number of carbonyl (C=O) groups excluding carboxylic acids is 1. The van der Waals surface area contributed by atoms with Crippen molar-refractivity contribution in [1.29, 1.82) is 0 Å². The van der Waals surface area contributed by atoms with Gasteiger partial charge in [0.1, 0.15) is 30.5 Å². The summed E-state index contributed by atoms with van der Waals surface area (Å²) in [7, 11) is 0. The first-order valence-corrected chi connectivity index (χ1v) is 23.2. The smallest absolute Gasteiger partial charge is 0.306 e. The summed E-state index contributed by atoms with van der Waals surface area (Å²) < 4.78 is 22.7. The second kappa shape index (κ2) is 40.8. The lowest BCUT2D eigenvalue weighted by Crippen LogP contribution is -2.59. The molecule has 0 aromatic heterocycles. The molecule has 1 aliphatic rings. The van der Waals surface area contributed by atoms with E-state index in [1.807, 2.05) is 0 Å². The molecule has 0 amide bonds. The summed E-state index contributed by atoms with van der Waals surface area (Å²) in [6.07, 6.45) is 47.6. The molecule has 1 fully saturated rings. The topological polar surface area (TPSA) is 135 Å². The van der Waals surface area contributed by atoms with E-state index in [0.29, 0.717) is 6.61 Å². The molecule has 1 rings (SSSR count). The third kappa shape index (κ3) is 31.8. The molecular formula is C50H84O9. The van der Waals surface area contributed by atoms with Crippen molar-refractivity contribution < 1.29 is 44.2 Å². The van der Waals surface area contributed by atoms with Gasteiger partial charge in [-0.3, -0.25) is 4.79 Å². The fourth-order valence-corrected chi connectivity index (χ4v) is 6.44. The van der Waals surface area contributed by atoms with E-state index in [2.05, 4.69) is 98.9 Å². The van der Waals surface area contributed by atoms with Crippen molar-refractivity contribution in [3.63, 3.8) is 0 Å². The van der Waals surface area contributed by atoms with Gasteiger partial charge in [0.05, 0.1) is 19.8 Å². The summed E-state index contributed by atoms with van der Waals surface area (Å²) in [4.78, 5) is 12.8. The number of carbonyl (C=O) groups is 1. The molecule has 338 valence electrons. The van der Waals surface area contributed by atoms with Gasteiger partial charge in [-0.2, -0.15) is 0 Å². The number of allylic oxidation sites excluding steroid dienone is 14. The normalized spacial score (nSPS) is 20.9. The lowest BCUT2D eigenvalue weighted by molar-refractivity contribution is -0.305. The summed E-state index contributed by atoms with van der Waals surface area (Å²) in [6.45, 7) is 4.26. The molecule has 1 heterocycles. The Labute approximate surface area is 359 Å². The van der Waals surface area contributed by atoms with Gasteiger partial charge in [0.15, 0.2) is 6.29 Å². The van der Waals surface area contributed by atoms with Crippen LogP contribution >= 0.6 is 0 Å². The predicted octanol–water partition coefficient (Wildman–Crippen LogP) is 10.6. The molecule has 1 aliphatic heterocycles. The van der Waals surface area contributed by atoms with Crippen LogP contribution in [0.15, 0.2) is 85.1 Å². The Morgan fingerprint density at radius 2 is 1.03 bits per heavy atom. The average Bonchev–Trinajstić information content (AvgIpc) is 3.24. The van der Waals surface area contributed by atoms with Gasteiger partial charge in [0.25, 0.3) is 0 Å². The molecule has 6 atom stereocenters. The summed E-state index contributed by atoms with van der Waals surface area (Å²) >= 11 is 0. The van der Waals surface area contributed by atoms with Crippen LogP contribution in [0.25, 0.3) is 0 Å². The average molecular weight is 829 g/mol. The van der Waals surface area contributed by atoms with E-state index >= 15 is 0 Å². The Balaban J connectivity index is 2.32. The van der Waals surface area contributed by atoms with Crippen molar-refractivity contribution in [1.82, 2.24) is 0 Å².